The van der Waals surface area contributed by atoms with Gasteiger partial charge < -0.3 is 0 Å². The zero-order chi connectivity index (χ0) is 13.9. The summed E-state index contributed by atoms with van der Waals surface area (Å²) in [6, 6.07) is 3.34. The van der Waals surface area contributed by atoms with Crippen LogP contribution in [0, 0.1) is 0 Å². The molecule has 0 aliphatic rings. The van der Waals surface area contributed by atoms with Crippen molar-refractivity contribution in [1.82, 2.24) is 19.8 Å². The normalized spacial score (nSPS) is 11.2. The van der Waals surface area contributed by atoms with E-state index >= 15 is 0 Å². The van der Waals surface area contributed by atoms with E-state index in [1.807, 2.05) is 11.6 Å². The third kappa shape index (κ3) is 2.40. The largest absolute Gasteiger partial charge is 0.288 e. The highest BCUT2D eigenvalue weighted by atomic mass is 35.5. The fourth-order valence-electron chi connectivity index (χ4n) is 1.61. The van der Waals surface area contributed by atoms with Crippen LogP contribution in [0.3, 0.4) is 0 Å². The topological polar surface area (TPSA) is 71.7 Å². The summed E-state index contributed by atoms with van der Waals surface area (Å²) in [5.74, 6) is -0.337. The summed E-state index contributed by atoms with van der Waals surface area (Å²) in [6.07, 6.45) is 6.36. The minimum absolute atomic E-state index is 0.337. The number of hydrogen-bond acceptors (Lipinski definition) is 5. The number of hydrogen-bond donors (Lipinski definition) is 1. The maximum absolute atomic E-state index is 11.8. The maximum atomic E-state index is 11.8. The smallest absolute Gasteiger partial charge is 0.272 e. The minimum Gasteiger partial charge on any atom is -0.288 e. The van der Waals surface area contributed by atoms with Crippen LogP contribution in [-0.2, 0) is 0 Å². The number of nitrogens with one attached hydrogen (secondary N) is 1. The van der Waals surface area contributed by atoms with E-state index in [0.717, 1.165) is 4.96 Å². The van der Waals surface area contributed by atoms with Crippen LogP contribution < -0.4 is 5.43 Å². The lowest BCUT2D eigenvalue weighted by molar-refractivity contribution is 0.0955. The van der Waals surface area contributed by atoms with Crippen molar-refractivity contribution in [1.29, 1.82) is 0 Å². The number of rotatable bonds is 3. The Kier molecular flexibility index (Phi) is 3.44. The molecular formula is C12H8ClN5OS. The van der Waals surface area contributed by atoms with E-state index in [9.17, 15) is 4.79 Å². The van der Waals surface area contributed by atoms with E-state index in [1.54, 1.807) is 22.7 Å². The number of carbonyl (C=O) groups excluding carboxylic acids is 1. The molecule has 1 amide bonds. The summed E-state index contributed by atoms with van der Waals surface area (Å²) in [4.78, 5) is 20.6. The Morgan fingerprint density at radius 3 is 3.25 bits per heavy atom. The van der Waals surface area contributed by atoms with E-state index in [-0.39, 0.29) is 5.91 Å². The first-order valence-corrected chi connectivity index (χ1v) is 6.86. The van der Waals surface area contributed by atoms with Crippen LogP contribution in [-0.4, -0.2) is 26.5 Å². The third-order valence-electron chi connectivity index (χ3n) is 2.53. The highest BCUT2D eigenvalue weighted by Gasteiger charge is 2.09. The molecule has 3 aromatic heterocycles. The molecule has 3 rings (SSSR count). The second-order valence-electron chi connectivity index (χ2n) is 3.78. The highest BCUT2D eigenvalue weighted by Crippen LogP contribution is 2.19. The van der Waals surface area contributed by atoms with E-state index in [4.69, 9.17) is 11.6 Å². The number of nitrogens with zero attached hydrogens (tertiary/aromatic N) is 4. The molecule has 0 saturated carbocycles. The van der Waals surface area contributed by atoms with Gasteiger partial charge in [0.15, 0.2) is 10.1 Å². The summed E-state index contributed by atoms with van der Waals surface area (Å²) in [5, 5.41) is 6.12. The first-order valence-electron chi connectivity index (χ1n) is 5.60. The van der Waals surface area contributed by atoms with Gasteiger partial charge in [-0.1, -0.05) is 11.6 Å². The molecule has 0 saturated heterocycles. The van der Waals surface area contributed by atoms with E-state index < -0.39 is 0 Å². The third-order valence-corrected chi connectivity index (χ3v) is 3.57. The van der Waals surface area contributed by atoms with Crippen LogP contribution in [0.25, 0.3) is 4.96 Å². The van der Waals surface area contributed by atoms with E-state index in [0.29, 0.717) is 16.4 Å². The summed E-state index contributed by atoms with van der Waals surface area (Å²) in [7, 11) is 0. The van der Waals surface area contributed by atoms with Gasteiger partial charge in [-0.05, 0) is 12.1 Å². The lowest BCUT2D eigenvalue weighted by Gasteiger charge is -1.98. The molecule has 0 bridgehead atoms. The number of aromatic nitrogens is 3. The second kappa shape index (κ2) is 5.40. The molecule has 3 heterocycles. The molecule has 0 spiro atoms. The lowest BCUT2D eigenvalue weighted by atomic mass is 10.3. The predicted molar refractivity (Wildman–Crippen MR) is 77.4 cm³/mol. The zero-order valence-corrected chi connectivity index (χ0v) is 11.6. The fourth-order valence-corrected chi connectivity index (χ4v) is 2.60. The zero-order valence-electron chi connectivity index (χ0n) is 10.0. The Balaban J connectivity index is 1.76. The average Bonchev–Trinajstić information content (AvgIpc) is 3.02. The Labute approximate surface area is 122 Å². The summed E-state index contributed by atoms with van der Waals surface area (Å²) < 4.78 is 1.80. The van der Waals surface area contributed by atoms with Gasteiger partial charge in [0.05, 0.1) is 11.8 Å². The van der Waals surface area contributed by atoms with Crippen LogP contribution in [0.5, 0.6) is 0 Å². The SMILES string of the molecule is O=C(N/N=C\c1c(Cl)nc2sccn12)c1cccnc1. The summed E-state index contributed by atoms with van der Waals surface area (Å²) >= 11 is 7.47. The van der Waals surface area contributed by atoms with Crippen LogP contribution in [0.4, 0.5) is 0 Å². The number of halogens is 1. The Morgan fingerprint density at radius 1 is 1.55 bits per heavy atom. The van der Waals surface area contributed by atoms with Gasteiger partial charge in [-0.15, -0.1) is 11.3 Å². The van der Waals surface area contributed by atoms with Gasteiger partial charge in [0.25, 0.3) is 5.91 Å². The van der Waals surface area contributed by atoms with Crippen molar-refractivity contribution in [2.24, 2.45) is 5.10 Å². The molecule has 0 fully saturated rings. The Morgan fingerprint density at radius 2 is 2.45 bits per heavy atom. The van der Waals surface area contributed by atoms with Gasteiger partial charge in [0.1, 0.15) is 5.69 Å². The molecule has 100 valence electrons. The molecule has 0 unspecified atom stereocenters. The number of thiazole rings is 1. The predicted octanol–water partition coefficient (Wildman–Crippen LogP) is 2.21. The van der Waals surface area contributed by atoms with Gasteiger partial charge >= 0.3 is 0 Å². The summed E-state index contributed by atoms with van der Waals surface area (Å²) in [5.41, 5.74) is 3.47. The Bertz CT molecular complexity index is 780. The van der Waals surface area contributed by atoms with Crippen LogP contribution in [0.15, 0.2) is 41.2 Å². The molecule has 0 aliphatic heterocycles. The molecule has 0 atom stereocenters. The molecule has 8 heteroatoms. The second-order valence-corrected chi connectivity index (χ2v) is 5.02. The van der Waals surface area contributed by atoms with E-state index in [1.165, 1.54) is 23.7 Å². The van der Waals surface area contributed by atoms with Gasteiger partial charge in [0.2, 0.25) is 0 Å². The minimum atomic E-state index is -0.337. The van der Waals surface area contributed by atoms with Crippen LogP contribution in [0.1, 0.15) is 16.1 Å². The van der Waals surface area contributed by atoms with Crippen LogP contribution >= 0.6 is 22.9 Å². The van der Waals surface area contributed by atoms with Gasteiger partial charge in [-0.2, -0.15) is 5.10 Å². The van der Waals surface area contributed by atoms with Gasteiger partial charge in [0, 0.05) is 24.0 Å². The molecule has 20 heavy (non-hydrogen) atoms. The van der Waals surface area contributed by atoms with Crippen molar-refractivity contribution in [2.45, 2.75) is 0 Å². The standard InChI is InChI=1S/C12H8ClN5OS/c13-10-9(18-4-5-20-12(18)16-10)7-15-17-11(19)8-2-1-3-14-6-8/h1-7H,(H,17,19)/b15-7-. The molecular weight excluding hydrogens is 298 g/mol. The van der Waals surface area contributed by atoms with Crippen molar-refractivity contribution >= 4 is 40.0 Å². The average molecular weight is 306 g/mol. The van der Waals surface area contributed by atoms with Crippen molar-refractivity contribution in [3.63, 3.8) is 0 Å². The van der Waals surface area contributed by atoms with Crippen LogP contribution in [0.2, 0.25) is 5.15 Å². The van der Waals surface area contributed by atoms with Crippen molar-refractivity contribution in [3.8, 4) is 0 Å². The highest BCUT2D eigenvalue weighted by molar-refractivity contribution is 7.15. The van der Waals surface area contributed by atoms with Gasteiger partial charge in [-0.25, -0.2) is 10.4 Å². The van der Waals surface area contributed by atoms with Crippen molar-refractivity contribution in [2.75, 3.05) is 0 Å². The molecule has 6 nitrogen and oxygen atoms in total. The quantitative estimate of drug-likeness (QED) is 0.595. The first-order chi connectivity index (χ1) is 9.75. The number of pyridine rings is 1. The van der Waals surface area contributed by atoms with Gasteiger partial charge in [-0.3, -0.25) is 14.2 Å². The molecule has 1 N–H and O–H groups in total. The maximum Gasteiger partial charge on any atom is 0.272 e. The number of imidazole rings is 1. The van der Waals surface area contributed by atoms with Crippen molar-refractivity contribution < 1.29 is 4.79 Å². The van der Waals surface area contributed by atoms with Crippen molar-refractivity contribution in [3.05, 3.63) is 52.5 Å². The first kappa shape index (κ1) is 12.8. The number of hydrazone groups is 1. The van der Waals surface area contributed by atoms with E-state index in [2.05, 4.69) is 20.5 Å². The number of amides is 1. The number of fused-ring (bicyclic) bond motifs is 1. The molecule has 3 aromatic rings. The fraction of sp³-hybridized carbons (Fsp3) is 0. The number of carbonyl (C=O) groups is 1. The Hall–Kier alpha value is -2.25. The monoisotopic (exact) mass is 305 g/mol. The molecule has 0 aliphatic carbocycles. The summed E-state index contributed by atoms with van der Waals surface area (Å²) in [6.45, 7) is 0. The lowest BCUT2D eigenvalue weighted by Crippen LogP contribution is -2.17. The molecule has 0 aromatic carbocycles. The molecule has 0 radical (unpaired) electrons.